The van der Waals surface area contributed by atoms with Gasteiger partial charge in [0, 0.05) is 0 Å². The first-order valence-corrected chi connectivity index (χ1v) is 5.88. The molecule has 0 heterocycles. The van der Waals surface area contributed by atoms with E-state index in [1.54, 1.807) is 0 Å². The van der Waals surface area contributed by atoms with Crippen molar-refractivity contribution in [3.05, 3.63) is 0 Å². The Morgan fingerprint density at radius 3 is 1.33 bits per heavy atom. The predicted octanol–water partition coefficient (Wildman–Crippen LogP) is 1.13. The third kappa shape index (κ3) is 99.8. The van der Waals surface area contributed by atoms with E-state index in [0.717, 1.165) is 18.6 Å². The summed E-state index contributed by atoms with van der Waals surface area (Å²) in [7, 11) is 3.75. The molecule has 0 unspecified atom stereocenters. The molecule has 0 saturated carbocycles. The summed E-state index contributed by atoms with van der Waals surface area (Å²) in [5.74, 6) is 0. The Kier molecular flexibility index (Phi) is 87.8. The van der Waals surface area contributed by atoms with E-state index >= 15 is 0 Å². The van der Waals surface area contributed by atoms with Crippen molar-refractivity contribution in [1.82, 2.24) is 5.32 Å². The molecule has 0 rings (SSSR count). The topological polar surface area (TPSA) is 12.0 Å². The Bertz CT molecular complexity index is 22.4. The average molecular weight is 233 g/mol. The molecule has 0 fully saturated rings. The molecule has 0 aromatic carbocycles. The van der Waals surface area contributed by atoms with E-state index < -0.39 is 0 Å². The molecule has 0 amide bonds. The Morgan fingerprint density at radius 1 is 1.22 bits per heavy atom. The molecule has 0 radical (unpaired) electrons. The maximum Gasteiger partial charge on any atom is -0.0167 e. The standard InChI is InChI=1S/C3H7.C2H7N.2ClH.Ga.2H/c2*1-3-2;;;;;/h1,3H2,2H3;3H,1-2H3;2*1H;;;. The van der Waals surface area contributed by atoms with Gasteiger partial charge in [-0.1, -0.05) is 0 Å². The van der Waals surface area contributed by atoms with Gasteiger partial charge in [-0.25, -0.2) is 0 Å². The Labute approximate surface area is 81.1 Å². The van der Waals surface area contributed by atoms with Crippen molar-refractivity contribution >= 4 is 43.4 Å². The molecule has 60 valence electrons. The van der Waals surface area contributed by atoms with E-state index in [0.29, 0.717) is 0 Å². The summed E-state index contributed by atoms with van der Waals surface area (Å²) < 4.78 is 0. The smallest absolute Gasteiger partial charge is 0.0167 e. The van der Waals surface area contributed by atoms with Crippen LogP contribution in [0, 0.1) is 0 Å². The van der Waals surface area contributed by atoms with Crippen LogP contribution in [0.2, 0.25) is 4.98 Å². The van der Waals surface area contributed by atoms with Crippen LogP contribution in [0.5, 0.6) is 0 Å². The summed E-state index contributed by atoms with van der Waals surface area (Å²) in [6.07, 6.45) is 1.40. The first-order chi connectivity index (χ1) is 3.33. The monoisotopic (exact) mass is 231 g/mol. The quantitative estimate of drug-likeness (QED) is 0.669. The molecule has 9 heavy (non-hydrogen) atoms. The van der Waals surface area contributed by atoms with Crippen LogP contribution in [-0.4, -0.2) is 32.7 Å². The SMILES string of the molecule is CC[CH2][GaH2].CNC.Cl.Cl. The van der Waals surface area contributed by atoms with Gasteiger partial charge in [-0.3, -0.25) is 0 Å². The van der Waals surface area contributed by atoms with Gasteiger partial charge in [-0.2, -0.15) is 0 Å². The van der Waals surface area contributed by atoms with Gasteiger partial charge in [0.25, 0.3) is 0 Å². The number of halogens is 2. The maximum absolute atomic E-state index is 2.75. The van der Waals surface area contributed by atoms with Crippen LogP contribution in [-0.2, 0) is 0 Å². The molecule has 1 nitrogen and oxygen atoms in total. The van der Waals surface area contributed by atoms with Crippen LogP contribution in [0.3, 0.4) is 0 Å². The van der Waals surface area contributed by atoms with Gasteiger partial charge in [0.15, 0.2) is 0 Å². The van der Waals surface area contributed by atoms with E-state index in [4.69, 9.17) is 0 Å². The van der Waals surface area contributed by atoms with E-state index in [1.165, 1.54) is 11.4 Å². The Hall–Kier alpha value is 1.18. The minimum atomic E-state index is 0. The van der Waals surface area contributed by atoms with E-state index in [-0.39, 0.29) is 24.8 Å². The van der Waals surface area contributed by atoms with Gasteiger partial charge < -0.3 is 5.32 Å². The van der Waals surface area contributed by atoms with Gasteiger partial charge in [0.05, 0.1) is 0 Å². The van der Waals surface area contributed by atoms with E-state index in [2.05, 4.69) is 12.2 Å². The largest absolute Gasteiger partial charge is 0.323 e. The second-order valence-corrected chi connectivity index (χ2v) is 3.60. The number of rotatable bonds is 1. The van der Waals surface area contributed by atoms with Crippen molar-refractivity contribution < 1.29 is 0 Å². The van der Waals surface area contributed by atoms with Crippen LogP contribution in [0.25, 0.3) is 0 Å². The molecule has 4 heteroatoms. The molecule has 0 atom stereocenters. The summed E-state index contributed by atoms with van der Waals surface area (Å²) >= 11 is 1.11. The fraction of sp³-hybridized carbons (Fsp3) is 1.00. The predicted molar refractivity (Wildman–Crippen MR) is 53.1 cm³/mol. The van der Waals surface area contributed by atoms with Crippen molar-refractivity contribution in [3.63, 3.8) is 0 Å². The van der Waals surface area contributed by atoms with Gasteiger partial charge in [0.2, 0.25) is 0 Å². The maximum atomic E-state index is 2.75. The average Bonchev–Trinajstić information content (AvgIpc) is 1.69. The van der Waals surface area contributed by atoms with Gasteiger partial charge >= 0.3 is 36.9 Å². The molecule has 0 aromatic rings. The molecule has 0 aliphatic heterocycles. The number of hydrogen-bond acceptors (Lipinski definition) is 1. The molecule has 0 aliphatic carbocycles. The zero-order chi connectivity index (χ0) is 6.12. The number of nitrogens with one attached hydrogen (secondary N) is 1. The van der Waals surface area contributed by atoms with Gasteiger partial charge in [-0.05, 0) is 14.1 Å². The van der Waals surface area contributed by atoms with Crippen LogP contribution >= 0.6 is 24.8 Å². The molecule has 0 aliphatic rings. The van der Waals surface area contributed by atoms with E-state index in [9.17, 15) is 0 Å². The van der Waals surface area contributed by atoms with Crippen LogP contribution in [0.1, 0.15) is 13.3 Å². The van der Waals surface area contributed by atoms with Crippen molar-refractivity contribution in [2.75, 3.05) is 14.1 Å². The zero-order valence-electron chi connectivity index (χ0n) is 6.73. The van der Waals surface area contributed by atoms with Crippen molar-refractivity contribution in [1.29, 1.82) is 0 Å². The summed E-state index contributed by atoms with van der Waals surface area (Å²) in [5, 5.41) is 2.75. The molecular weight excluding hydrogens is 215 g/mol. The second kappa shape index (κ2) is 35.2. The van der Waals surface area contributed by atoms with Gasteiger partial charge in [-0.15, -0.1) is 24.8 Å². The first-order valence-electron chi connectivity index (χ1n) is 2.91. The fourth-order valence-corrected chi connectivity index (χ4v) is 0. The number of hydrogen-bond donors (Lipinski definition) is 1. The van der Waals surface area contributed by atoms with Gasteiger partial charge in [0.1, 0.15) is 0 Å². The summed E-state index contributed by atoms with van der Waals surface area (Å²) in [6.45, 7) is 2.23. The van der Waals surface area contributed by atoms with Crippen molar-refractivity contribution in [2.24, 2.45) is 0 Å². The second-order valence-electron chi connectivity index (χ2n) is 1.50. The Morgan fingerprint density at radius 2 is 1.33 bits per heavy atom. The van der Waals surface area contributed by atoms with Crippen LogP contribution < -0.4 is 5.32 Å². The third-order valence-electron chi connectivity index (χ3n) is 0.500. The summed E-state index contributed by atoms with van der Waals surface area (Å²) in [5.41, 5.74) is 0. The fourth-order valence-electron chi connectivity index (χ4n) is 0. The minimum absolute atomic E-state index is 0. The van der Waals surface area contributed by atoms with Crippen LogP contribution in [0.15, 0.2) is 0 Å². The zero-order valence-corrected chi connectivity index (χ0v) is 12.6. The van der Waals surface area contributed by atoms with Crippen molar-refractivity contribution in [3.8, 4) is 0 Å². The van der Waals surface area contributed by atoms with Crippen molar-refractivity contribution in [2.45, 2.75) is 18.3 Å². The molecule has 0 saturated heterocycles. The molecule has 1 N–H and O–H groups in total. The summed E-state index contributed by atoms with van der Waals surface area (Å²) in [6, 6.07) is 0. The summed E-state index contributed by atoms with van der Waals surface area (Å²) in [4.78, 5) is 1.51. The Balaban J connectivity index is -0.0000000233. The molecular formula is C5H18Cl2GaN. The molecule has 0 aromatic heterocycles. The minimum Gasteiger partial charge on any atom is -0.323 e. The normalized spacial score (nSPS) is 5.22. The third-order valence-corrected chi connectivity index (χ3v) is 2.60. The van der Waals surface area contributed by atoms with E-state index in [1.807, 2.05) is 14.1 Å². The molecule has 0 spiro atoms. The first kappa shape index (κ1) is 22.5. The molecule has 0 bridgehead atoms. The van der Waals surface area contributed by atoms with Crippen LogP contribution in [0.4, 0.5) is 0 Å².